The highest BCUT2D eigenvalue weighted by Crippen LogP contribution is 2.48. The Hall–Kier alpha value is 0.100. The van der Waals surface area contributed by atoms with Gasteiger partial charge in [-0.3, -0.25) is 0 Å². The van der Waals surface area contributed by atoms with Crippen LogP contribution in [0.4, 0.5) is 0 Å². The van der Waals surface area contributed by atoms with Crippen LogP contribution in [0.1, 0.15) is 57.4 Å². The van der Waals surface area contributed by atoms with Gasteiger partial charge in [0.2, 0.25) is 0 Å². The summed E-state index contributed by atoms with van der Waals surface area (Å²) >= 11 is 5.33. The molecule has 1 saturated carbocycles. The van der Waals surface area contributed by atoms with Crippen molar-refractivity contribution in [3.8, 4) is 0 Å². The maximum absolute atomic E-state index is 6.58. The van der Waals surface area contributed by atoms with E-state index in [9.17, 15) is 0 Å². The fourth-order valence-corrected chi connectivity index (χ4v) is 4.68. The fraction of sp³-hybridized carbons (Fsp3) is 0.733. The average molecular weight is 346 g/mol. The van der Waals surface area contributed by atoms with Gasteiger partial charge in [-0.2, -0.15) is 0 Å². The molecule has 0 spiro atoms. The van der Waals surface area contributed by atoms with Gasteiger partial charge in [0.1, 0.15) is 0 Å². The number of rotatable bonds is 4. The summed E-state index contributed by atoms with van der Waals surface area (Å²) in [5, 5.41) is 2.09. The molecule has 1 aliphatic carbocycles. The summed E-state index contributed by atoms with van der Waals surface area (Å²) in [4.78, 5) is 1.22. The SMILES string of the molecule is CCOC1(C(N)c2sccc2Br)CCC(C)(C)CC1. The molecule has 2 nitrogen and oxygen atoms in total. The normalized spacial score (nSPS) is 23.2. The maximum atomic E-state index is 6.58. The molecule has 0 aliphatic heterocycles. The monoisotopic (exact) mass is 345 g/mol. The van der Waals surface area contributed by atoms with E-state index in [1.54, 1.807) is 11.3 Å². The number of hydrogen-bond donors (Lipinski definition) is 1. The smallest absolute Gasteiger partial charge is 0.0882 e. The van der Waals surface area contributed by atoms with E-state index in [0.29, 0.717) is 5.41 Å². The zero-order valence-electron chi connectivity index (χ0n) is 12.0. The first-order valence-corrected chi connectivity index (χ1v) is 8.70. The Labute approximate surface area is 128 Å². The Kier molecular flexibility index (Phi) is 4.76. The van der Waals surface area contributed by atoms with Gasteiger partial charge in [-0.25, -0.2) is 0 Å². The Morgan fingerprint density at radius 2 is 2.00 bits per heavy atom. The van der Waals surface area contributed by atoms with Crippen molar-refractivity contribution < 1.29 is 4.74 Å². The molecule has 0 saturated heterocycles. The summed E-state index contributed by atoms with van der Waals surface area (Å²) in [7, 11) is 0. The number of ether oxygens (including phenoxy) is 1. The molecule has 0 bridgehead atoms. The highest BCUT2D eigenvalue weighted by atomic mass is 79.9. The molecule has 0 amide bonds. The molecule has 1 atom stereocenters. The third kappa shape index (κ3) is 3.23. The molecule has 1 fully saturated rings. The molecule has 4 heteroatoms. The van der Waals surface area contributed by atoms with Crippen LogP contribution >= 0.6 is 27.3 Å². The van der Waals surface area contributed by atoms with Crippen LogP contribution in [0.25, 0.3) is 0 Å². The molecule has 0 aromatic carbocycles. The Bertz CT molecular complexity index is 420. The van der Waals surface area contributed by atoms with Gasteiger partial charge in [0, 0.05) is 16.0 Å². The van der Waals surface area contributed by atoms with Crippen LogP contribution in [-0.4, -0.2) is 12.2 Å². The predicted octanol–water partition coefficient (Wildman–Crippen LogP) is 4.89. The lowest BCUT2D eigenvalue weighted by Crippen LogP contribution is -2.47. The molecule has 2 N–H and O–H groups in total. The van der Waals surface area contributed by atoms with Crippen LogP contribution in [-0.2, 0) is 4.74 Å². The number of hydrogen-bond acceptors (Lipinski definition) is 3. The molecule has 19 heavy (non-hydrogen) atoms. The molecule has 1 aromatic heterocycles. The lowest BCUT2D eigenvalue weighted by molar-refractivity contribution is -0.0995. The second kappa shape index (κ2) is 5.84. The van der Waals surface area contributed by atoms with Crippen LogP contribution in [0.2, 0.25) is 0 Å². The lowest BCUT2D eigenvalue weighted by Gasteiger charge is -2.46. The van der Waals surface area contributed by atoms with Crippen LogP contribution < -0.4 is 5.73 Å². The van der Waals surface area contributed by atoms with E-state index in [4.69, 9.17) is 10.5 Å². The van der Waals surface area contributed by atoms with Crippen molar-refractivity contribution in [2.75, 3.05) is 6.61 Å². The van der Waals surface area contributed by atoms with Gasteiger partial charge in [-0.1, -0.05) is 13.8 Å². The zero-order valence-corrected chi connectivity index (χ0v) is 14.4. The molecule has 1 aliphatic rings. The summed E-state index contributed by atoms with van der Waals surface area (Å²) < 4.78 is 7.28. The maximum Gasteiger partial charge on any atom is 0.0882 e. The minimum absolute atomic E-state index is 0.0297. The Morgan fingerprint density at radius 1 is 1.37 bits per heavy atom. The van der Waals surface area contributed by atoms with Crippen LogP contribution in [0.3, 0.4) is 0 Å². The highest BCUT2D eigenvalue weighted by molar-refractivity contribution is 9.10. The van der Waals surface area contributed by atoms with E-state index in [1.165, 1.54) is 17.7 Å². The standard InChI is InChI=1S/C15H24BrNOS/c1-4-18-15(8-6-14(2,3)7-9-15)13(17)12-11(16)5-10-19-12/h5,10,13H,4,6-9,17H2,1-3H3. The molecule has 1 aromatic rings. The number of halogens is 1. The molecule has 0 radical (unpaired) electrons. The molecule has 1 unspecified atom stereocenters. The molecular formula is C15H24BrNOS. The van der Waals surface area contributed by atoms with Gasteiger partial charge in [-0.15, -0.1) is 11.3 Å². The third-order valence-electron chi connectivity index (χ3n) is 4.38. The minimum atomic E-state index is -0.183. The lowest BCUT2D eigenvalue weighted by atomic mass is 9.68. The van der Waals surface area contributed by atoms with E-state index in [1.807, 2.05) is 0 Å². The second-order valence-electron chi connectivity index (χ2n) is 6.27. The van der Waals surface area contributed by atoms with Gasteiger partial charge in [0.15, 0.2) is 0 Å². The summed E-state index contributed by atoms with van der Waals surface area (Å²) in [5.41, 5.74) is 6.82. The topological polar surface area (TPSA) is 35.2 Å². The van der Waals surface area contributed by atoms with Crippen LogP contribution in [0.5, 0.6) is 0 Å². The van der Waals surface area contributed by atoms with Crippen molar-refractivity contribution in [2.24, 2.45) is 11.1 Å². The average Bonchev–Trinajstić information content (AvgIpc) is 2.78. The van der Waals surface area contributed by atoms with Crippen LogP contribution in [0.15, 0.2) is 15.9 Å². The Morgan fingerprint density at radius 3 is 2.47 bits per heavy atom. The number of nitrogens with two attached hydrogens (primary N) is 1. The minimum Gasteiger partial charge on any atom is -0.373 e. The molecule has 108 valence electrons. The second-order valence-corrected chi connectivity index (χ2v) is 8.07. The van der Waals surface area contributed by atoms with Gasteiger partial charge < -0.3 is 10.5 Å². The van der Waals surface area contributed by atoms with Crippen molar-refractivity contribution in [3.05, 3.63) is 20.8 Å². The summed E-state index contributed by atoms with van der Waals surface area (Å²) in [6.07, 6.45) is 4.48. The first kappa shape index (κ1) is 15.5. The van der Waals surface area contributed by atoms with Crippen molar-refractivity contribution >= 4 is 27.3 Å². The van der Waals surface area contributed by atoms with Gasteiger partial charge >= 0.3 is 0 Å². The quantitative estimate of drug-likeness (QED) is 0.843. The van der Waals surface area contributed by atoms with E-state index in [0.717, 1.165) is 23.9 Å². The van der Waals surface area contributed by atoms with Gasteiger partial charge in [0.25, 0.3) is 0 Å². The van der Waals surface area contributed by atoms with Gasteiger partial charge in [-0.05, 0) is 65.4 Å². The van der Waals surface area contributed by atoms with Gasteiger partial charge in [0.05, 0.1) is 11.6 Å². The van der Waals surface area contributed by atoms with Crippen molar-refractivity contribution in [2.45, 2.75) is 58.1 Å². The molecule has 1 heterocycles. The largest absolute Gasteiger partial charge is 0.373 e. The predicted molar refractivity (Wildman–Crippen MR) is 85.6 cm³/mol. The first-order chi connectivity index (χ1) is 8.90. The molecule has 2 rings (SSSR count). The fourth-order valence-electron chi connectivity index (χ4n) is 2.95. The number of thiophene rings is 1. The first-order valence-electron chi connectivity index (χ1n) is 7.03. The molecular weight excluding hydrogens is 322 g/mol. The Balaban J connectivity index is 2.23. The summed E-state index contributed by atoms with van der Waals surface area (Å²) in [6.45, 7) is 7.49. The highest BCUT2D eigenvalue weighted by Gasteiger charge is 2.44. The zero-order chi connectivity index (χ0) is 14.1. The summed E-state index contributed by atoms with van der Waals surface area (Å²) in [6, 6.07) is 2.05. The van der Waals surface area contributed by atoms with Crippen molar-refractivity contribution in [3.63, 3.8) is 0 Å². The van der Waals surface area contributed by atoms with E-state index in [-0.39, 0.29) is 11.6 Å². The van der Waals surface area contributed by atoms with Crippen LogP contribution in [0, 0.1) is 5.41 Å². The van der Waals surface area contributed by atoms with E-state index < -0.39 is 0 Å². The third-order valence-corrected chi connectivity index (χ3v) is 6.33. The van der Waals surface area contributed by atoms with Crippen molar-refractivity contribution in [1.29, 1.82) is 0 Å². The summed E-state index contributed by atoms with van der Waals surface area (Å²) in [5.74, 6) is 0. The van der Waals surface area contributed by atoms with Crippen molar-refractivity contribution in [1.82, 2.24) is 0 Å². The van der Waals surface area contributed by atoms with E-state index in [2.05, 4.69) is 48.1 Å². The van der Waals surface area contributed by atoms with E-state index >= 15 is 0 Å².